The van der Waals surface area contributed by atoms with Crippen LogP contribution in [-0.2, 0) is 6.42 Å². The summed E-state index contributed by atoms with van der Waals surface area (Å²) in [5.41, 5.74) is 3.75. The summed E-state index contributed by atoms with van der Waals surface area (Å²) < 4.78 is 0. The number of aryl methyl sites for hydroxylation is 1. The molecule has 2 rings (SSSR count). The lowest BCUT2D eigenvalue weighted by Crippen LogP contribution is -2.31. The Balaban J connectivity index is 2.33. The second-order valence-electron chi connectivity index (χ2n) is 4.88. The lowest BCUT2D eigenvalue weighted by molar-refractivity contribution is 0.570. The van der Waals surface area contributed by atoms with Gasteiger partial charge >= 0.3 is 0 Å². The minimum Gasteiger partial charge on any atom is -0.356 e. The first-order valence-corrected chi connectivity index (χ1v) is 6.85. The van der Waals surface area contributed by atoms with E-state index in [1.807, 2.05) is 6.92 Å². The molecule has 0 aliphatic carbocycles. The summed E-state index contributed by atoms with van der Waals surface area (Å²) in [5.74, 6) is 8.26. The van der Waals surface area contributed by atoms with Crippen LogP contribution in [0.25, 0.3) is 0 Å². The maximum absolute atomic E-state index is 5.56. The van der Waals surface area contributed by atoms with Crippen molar-refractivity contribution in [3.05, 3.63) is 11.4 Å². The largest absolute Gasteiger partial charge is 0.356 e. The van der Waals surface area contributed by atoms with E-state index in [9.17, 15) is 0 Å². The highest BCUT2D eigenvalue weighted by atomic mass is 15.3. The number of hydrogen-bond acceptors (Lipinski definition) is 5. The number of hydrazine groups is 1. The van der Waals surface area contributed by atoms with E-state index in [1.165, 1.54) is 19.3 Å². The van der Waals surface area contributed by atoms with Gasteiger partial charge in [-0.2, -0.15) is 0 Å². The standard InChI is InChI=1S/C13H23N5/c1-3-7-11-15-12(17-14)10(2)13(16-11)18-8-5-4-6-9-18/h3-9,14H2,1-2H3,(H,15,16,17). The van der Waals surface area contributed by atoms with Crippen LogP contribution >= 0.6 is 0 Å². The van der Waals surface area contributed by atoms with Crippen molar-refractivity contribution in [1.82, 2.24) is 9.97 Å². The quantitative estimate of drug-likeness (QED) is 0.631. The van der Waals surface area contributed by atoms with Gasteiger partial charge < -0.3 is 10.3 Å². The van der Waals surface area contributed by atoms with Crippen molar-refractivity contribution in [2.75, 3.05) is 23.4 Å². The fourth-order valence-corrected chi connectivity index (χ4v) is 2.44. The lowest BCUT2D eigenvalue weighted by Gasteiger charge is -2.29. The number of piperidine rings is 1. The molecule has 0 saturated carbocycles. The molecule has 5 heteroatoms. The van der Waals surface area contributed by atoms with E-state index in [0.29, 0.717) is 0 Å². The van der Waals surface area contributed by atoms with Crippen molar-refractivity contribution in [2.45, 2.75) is 46.0 Å². The highest BCUT2D eigenvalue weighted by molar-refractivity contribution is 5.58. The molecule has 1 aliphatic rings. The molecule has 100 valence electrons. The van der Waals surface area contributed by atoms with Gasteiger partial charge in [-0.3, -0.25) is 0 Å². The van der Waals surface area contributed by atoms with E-state index in [4.69, 9.17) is 10.8 Å². The number of aromatic nitrogens is 2. The van der Waals surface area contributed by atoms with Crippen molar-refractivity contribution in [2.24, 2.45) is 5.84 Å². The van der Waals surface area contributed by atoms with Crippen molar-refractivity contribution in [3.63, 3.8) is 0 Å². The molecule has 0 radical (unpaired) electrons. The van der Waals surface area contributed by atoms with Gasteiger partial charge in [0.25, 0.3) is 0 Å². The van der Waals surface area contributed by atoms with Crippen LogP contribution in [0, 0.1) is 6.92 Å². The third-order valence-electron chi connectivity index (χ3n) is 3.43. The average Bonchev–Trinajstić information content (AvgIpc) is 2.42. The second-order valence-corrected chi connectivity index (χ2v) is 4.88. The zero-order valence-electron chi connectivity index (χ0n) is 11.4. The molecule has 1 saturated heterocycles. The van der Waals surface area contributed by atoms with E-state index < -0.39 is 0 Å². The van der Waals surface area contributed by atoms with Crippen LogP contribution in [0.3, 0.4) is 0 Å². The molecule has 1 aromatic rings. The lowest BCUT2D eigenvalue weighted by atomic mass is 10.1. The molecule has 1 fully saturated rings. The van der Waals surface area contributed by atoms with Crippen LogP contribution in [0.5, 0.6) is 0 Å². The molecule has 2 heterocycles. The van der Waals surface area contributed by atoms with Crippen LogP contribution in [-0.4, -0.2) is 23.1 Å². The summed E-state index contributed by atoms with van der Waals surface area (Å²) in [6, 6.07) is 0. The first-order valence-electron chi connectivity index (χ1n) is 6.85. The summed E-state index contributed by atoms with van der Waals surface area (Å²) in [6.45, 7) is 6.36. The molecular weight excluding hydrogens is 226 g/mol. The molecule has 0 spiro atoms. The molecule has 0 atom stereocenters. The number of anilines is 2. The van der Waals surface area contributed by atoms with Gasteiger partial charge in [-0.05, 0) is 32.6 Å². The Labute approximate surface area is 109 Å². The third kappa shape index (κ3) is 2.72. The van der Waals surface area contributed by atoms with Crippen LogP contribution in [0.1, 0.15) is 44.0 Å². The predicted octanol–water partition coefficient (Wildman–Crippen LogP) is 2.01. The number of hydrogen-bond donors (Lipinski definition) is 2. The van der Waals surface area contributed by atoms with Crippen molar-refractivity contribution < 1.29 is 0 Å². The van der Waals surface area contributed by atoms with Crippen LogP contribution in [0.15, 0.2) is 0 Å². The minimum atomic E-state index is 0.758. The van der Waals surface area contributed by atoms with Gasteiger partial charge in [0.15, 0.2) is 0 Å². The summed E-state index contributed by atoms with van der Waals surface area (Å²) >= 11 is 0. The Kier molecular flexibility index (Phi) is 4.36. The zero-order chi connectivity index (χ0) is 13.0. The van der Waals surface area contributed by atoms with Gasteiger partial charge in [0.05, 0.1) is 0 Å². The van der Waals surface area contributed by atoms with Crippen molar-refractivity contribution in [1.29, 1.82) is 0 Å². The highest BCUT2D eigenvalue weighted by Gasteiger charge is 2.18. The number of nitrogen functional groups attached to an aromatic ring is 1. The Hall–Kier alpha value is -1.36. The van der Waals surface area contributed by atoms with E-state index in [1.54, 1.807) is 0 Å². The summed E-state index contributed by atoms with van der Waals surface area (Å²) in [4.78, 5) is 11.5. The fourth-order valence-electron chi connectivity index (χ4n) is 2.44. The Morgan fingerprint density at radius 3 is 2.56 bits per heavy atom. The smallest absolute Gasteiger partial charge is 0.148 e. The molecule has 1 aromatic heterocycles. The Morgan fingerprint density at radius 2 is 1.94 bits per heavy atom. The van der Waals surface area contributed by atoms with Crippen LogP contribution in [0.4, 0.5) is 11.6 Å². The van der Waals surface area contributed by atoms with Gasteiger partial charge in [0.2, 0.25) is 0 Å². The molecule has 18 heavy (non-hydrogen) atoms. The van der Waals surface area contributed by atoms with Crippen molar-refractivity contribution in [3.8, 4) is 0 Å². The summed E-state index contributed by atoms with van der Waals surface area (Å²) in [5, 5.41) is 0. The molecule has 5 nitrogen and oxygen atoms in total. The molecule has 0 bridgehead atoms. The van der Waals surface area contributed by atoms with E-state index in [0.717, 1.165) is 49.0 Å². The Bertz CT molecular complexity index is 399. The minimum absolute atomic E-state index is 0.758. The van der Waals surface area contributed by atoms with Crippen molar-refractivity contribution >= 4 is 11.6 Å². The predicted molar refractivity (Wildman–Crippen MR) is 74.6 cm³/mol. The normalized spacial score (nSPS) is 15.8. The van der Waals surface area contributed by atoms with E-state index >= 15 is 0 Å². The SMILES string of the molecule is CCCc1nc(NN)c(C)c(N2CCCCC2)n1. The topological polar surface area (TPSA) is 67.1 Å². The third-order valence-corrected chi connectivity index (χ3v) is 3.43. The van der Waals surface area contributed by atoms with Crippen LogP contribution in [0.2, 0.25) is 0 Å². The number of rotatable bonds is 4. The van der Waals surface area contributed by atoms with Gasteiger partial charge in [-0.1, -0.05) is 6.92 Å². The molecule has 0 aromatic carbocycles. The fraction of sp³-hybridized carbons (Fsp3) is 0.692. The first-order chi connectivity index (χ1) is 8.76. The molecule has 1 aliphatic heterocycles. The average molecular weight is 249 g/mol. The number of nitrogens with one attached hydrogen (secondary N) is 1. The van der Waals surface area contributed by atoms with Crippen LogP contribution < -0.4 is 16.2 Å². The summed E-state index contributed by atoms with van der Waals surface area (Å²) in [6.07, 6.45) is 5.77. The van der Waals surface area contributed by atoms with Gasteiger partial charge in [0, 0.05) is 25.1 Å². The van der Waals surface area contributed by atoms with Gasteiger partial charge in [-0.15, -0.1) is 0 Å². The van der Waals surface area contributed by atoms with E-state index in [2.05, 4.69) is 22.2 Å². The van der Waals surface area contributed by atoms with Gasteiger partial charge in [0.1, 0.15) is 17.5 Å². The second kappa shape index (κ2) is 6.00. The first kappa shape index (κ1) is 13.1. The molecular formula is C13H23N5. The summed E-state index contributed by atoms with van der Waals surface area (Å²) in [7, 11) is 0. The number of nitrogens with zero attached hydrogens (tertiary/aromatic N) is 3. The van der Waals surface area contributed by atoms with Gasteiger partial charge in [-0.25, -0.2) is 15.8 Å². The maximum atomic E-state index is 5.56. The zero-order valence-corrected chi connectivity index (χ0v) is 11.4. The Morgan fingerprint density at radius 1 is 1.22 bits per heavy atom. The molecule has 0 amide bonds. The molecule has 3 N–H and O–H groups in total. The van der Waals surface area contributed by atoms with E-state index in [-0.39, 0.29) is 0 Å². The maximum Gasteiger partial charge on any atom is 0.148 e. The highest BCUT2D eigenvalue weighted by Crippen LogP contribution is 2.26. The monoisotopic (exact) mass is 249 g/mol. The number of nitrogens with two attached hydrogens (primary N) is 1. The molecule has 0 unspecified atom stereocenters.